The van der Waals surface area contributed by atoms with Gasteiger partial charge in [-0.2, -0.15) is 5.10 Å². The van der Waals surface area contributed by atoms with Crippen LogP contribution in [0.4, 0.5) is 0 Å². The first-order valence-electron chi connectivity index (χ1n) is 9.10. The number of unbranched alkanes of at least 4 members (excludes halogenated alkanes) is 2. The molecule has 1 heterocycles. The van der Waals surface area contributed by atoms with E-state index in [2.05, 4.69) is 12.0 Å². The van der Waals surface area contributed by atoms with E-state index in [1.54, 1.807) is 22.9 Å². The fourth-order valence-corrected chi connectivity index (χ4v) is 3.40. The summed E-state index contributed by atoms with van der Waals surface area (Å²) >= 11 is 11.9. The number of aromatic nitrogens is 2. The molecule has 142 valence electrons. The van der Waals surface area contributed by atoms with E-state index >= 15 is 0 Å². The third kappa shape index (κ3) is 5.49. The predicted molar refractivity (Wildman–Crippen MR) is 107 cm³/mol. The summed E-state index contributed by atoms with van der Waals surface area (Å²) in [5, 5.41) is 5.48. The Hall–Kier alpha value is -1.52. The molecule has 4 nitrogen and oxygen atoms in total. The van der Waals surface area contributed by atoms with Crippen LogP contribution in [0.25, 0.3) is 0 Å². The third-order valence-electron chi connectivity index (χ3n) is 4.39. The van der Waals surface area contributed by atoms with Crippen molar-refractivity contribution in [2.75, 3.05) is 6.61 Å². The van der Waals surface area contributed by atoms with Crippen molar-refractivity contribution in [2.45, 2.75) is 59.3 Å². The molecule has 0 radical (unpaired) electrons. The van der Waals surface area contributed by atoms with Crippen molar-refractivity contribution in [1.82, 2.24) is 9.78 Å². The number of hydrogen-bond acceptors (Lipinski definition) is 3. The average molecular weight is 397 g/mol. The van der Waals surface area contributed by atoms with Gasteiger partial charge in [0.2, 0.25) is 5.91 Å². The minimum atomic E-state index is -0.00172. The van der Waals surface area contributed by atoms with Gasteiger partial charge in [0, 0.05) is 17.1 Å². The van der Waals surface area contributed by atoms with Crippen molar-refractivity contribution in [1.29, 1.82) is 0 Å². The maximum absolute atomic E-state index is 12.5. The number of rotatable bonds is 9. The largest absolute Gasteiger partial charge is 0.492 e. The van der Waals surface area contributed by atoms with Gasteiger partial charge in [0.05, 0.1) is 17.3 Å². The van der Waals surface area contributed by atoms with Gasteiger partial charge in [-0.05, 0) is 56.9 Å². The van der Waals surface area contributed by atoms with Crippen LogP contribution in [0.1, 0.15) is 60.8 Å². The van der Waals surface area contributed by atoms with Crippen LogP contribution in [0.3, 0.4) is 0 Å². The zero-order valence-corrected chi connectivity index (χ0v) is 17.2. The van der Waals surface area contributed by atoms with E-state index in [1.807, 2.05) is 13.8 Å². The molecular weight excluding hydrogens is 371 g/mol. The number of carbonyl (C=O) groups is 1. The standard InChI is InChI=1S/C20H26Cl2N2O2/c1-4-5-6-8-17-14(2)23-24(15(17)3)20(25)9-7-12-26-19-11-10-16(21)13-18(19)22/h10-11,13H,4-9,12H2,1-3H3. The number of halogens is 2. The van der Waals surface area contributed by atoms with Crippen molar-refractivity contribution < 1.29 is 9.53 Å². The molecule has 0 saturated heterocycles. The first kappa shape index (κ1) is 20.8. The second-order valence-corrected chi connectivity index (χ2v) is 7.28. The van der Waals surface area contributed by atoms with Crippen LogP contribution in [0.2, 0.25) is 10.0 Å². The Morgan fingerprint density at radius 1 is 1.19 bits per heavy atom. The van der Waals surface area contributed by atoms with Crippen LogP contribution in [-0.2, 0) is 6.42 Å². The van der Waals surface area contributed by atoms with Gasteiger partial charge in [-0.1, -0.05) is 43.0 Å². The first-order chi connectivity index (χ1) is 12.4. The highest BCUT2D eigenvalue weighted by atomic mass is 35.5. The molecule has 26 heavy (non-hydrogen) atoms. The van der Waals surface area contributed by atoms with E-state index in [4.69, 9.17) is 27.9 Å². The summed E-state index contributed by atoms with van der Waals surface area (Å²) in [4.78, 5) is 12.5. The highest BCUT2D eigenvalue weighted by Gasteiger charge is 2.16. The van der Waals surface area contributed by atoms with Crippen molar-refractivity contribution in [3.8, 4) is 5.75 Å². The quantitative estimate of drug-likeness (QED) is 0.485. The summed E-state index contributed by atoms with van der Waals surface area (Å²) in [6.45, 7) is 6.55. The minimum absolute atomic E-state index is 0.00172. The number of benzene rings is 1. The van der Waals surface area contributed by atoms with Crippen molar-refractivity contribution in [3.05, 3.63) is 45.2 Å². The van der Waals surface area contributed by atoms with Gasteiger partial charge in [-0.15, -0.1) is 0 Å². The maximum atomic E-state index is 12.5. The molecule has 0 N–H and O–H groups in total. The number of hydrogen-bond donors (Lipinski definition) is 0. The van der Waals surface area contributed by atoms with Gasteiger partial charge in [0.15, 0.2) is 0 Å². The topological polar surface area (TPSA) is 44.1 Å². The number of ether oxygens (including phenoxy) is 1. The van der Waals surface area contributed by atoms with E-state index in [1.165, 1.54) is 18.4 Å². The van der Waals surface area contributed by atoms with Gasteiger partial charge in [-0.25, -0.2) is 4.68 Å². The summed E-state index contributed by atoms with van der Waals surface area (Å²) in [5.41, 5.74) is 3.12. The fourth-order valence-electron chi connectivity index (χ4n) is 2.94. The minimum Gasteiger partial charge on any atom is -0.492 e. The SMILES string of the molecule is CCCCCc1c(C)nn(C(=O)CCCOc2ccc(Cl)cc2Cl)c1C. The van der Waals surface area contributed by atoms with Crippen molar-refractivity contribution in [2.24, 2.45) is 0 Å². The lowest BCUT2D eigenvalue weighted by Crippen LogP contribution is -2.15. The fraction of sp³-hybridized carbons (Fsp3) is 0.500. The lowest BCUT2D eigenvalue weighted by Gasteiger charge is -2.08. The second-order valence-electron chi connectivity index (χ2n) is 6.44. The molecule has 0 amide bonds. The smallest absolute Gasteiger partial charge is 0.247 e. The summed E-state index contributed by atoms with van der Waals surface area (Å²) in [6, 6.07) is 5.10. The molecule has 2 aromatic rings. The number of carbonyl (C=O) groups excluding carboxylic acids is 1. The molecule has 0 atom stereocenters. The van der Waals surface area contributed by atoms with Crippen LogP contribution in [0, 0.1) is 13.8 Å². The molecule has 0 unspecified atom stereocenters. The molecule has 2 rings (SSSR count). The van der Waals surface area contributed by atoms with E-state index in [0.29, 0.717) is 35.2 Å². The zero-order chi connectivity index (χ0) is 19.1. The molecule has 0 bridgehead atoms. The van der Waals surface area contributed by atoms with Gasteiger partial charge in [0.1, 0.15) is 5.75 Å². The van der Waals surface area contributed by atoms with Crippen LogP contribution in [-0.4, -0.2) is 22.3 Å². The lowest BCUT2D eigenvalue weighted by atomic mass is 10.1. The Bertz CT molecular complexity index is 757. The Balaban J connectivity index is 1.87. The van der Waals surface area contributed by atoms with Crippen LogP contribution in [0.5, 0.6) is 5.75 Å². The monoisotopic (exact) mass is 396 g/mol. The maximum Gasteiger partial charge on any atom is 0.247 e. The normalized spacial score (nSPS) is 11.0. The van der Waals surface area contributed by atoms with Gasteiger partial charge >= 0.3 is 0 Å². The number of nitrogens with zero attached hydrogens (tertiary/aromatic N) is 2. The molecule has 0 aliphatic rings. The number of aryl methyl sites for hydroxylation is 1. The molecule has 0 saturated carbocycles. The molecule has 0 fully saturated rings. The molecule has 0 spiro atoms. The molecule has 1 aromatic carbocycles. The molecule has 0 aliphatic carbocycles. The summed E-state index contributed by atoms with van der Waals surface area (Å²) in [7, 11) is 0. The van der Waals surface area contributed by atoms with E-state index in [9.17, 15) is 4.79 Å². The predicted octanol–water partition coefficient (Wildman–Crippen LogP) is 6.04. The van der Waals surface area contributed by atoms with Crippen molar-refractivity contribution >= 4 is 29.1 Å². The molecule has 6 heteroatoms. The Labute approximate surface area is 165 Å². The van der Waals surface area contributed by atoms with Gasteiger partial charge in [0.25, 0.3) is 0 Å². The summed E-state index contributed by atoms with van der Waals surface area (Å²) < 4.78 is 7.18. The van der Waals surface area contributed by atoms with Gasteiger partial charge < -0.3 is 4.74 Å². The van der Waals surface area contributed by atoms with Crippen LogP contribution in [0.15, 0.2) is 18.2 Å². The summed E-state index contributed by atoms with van der Waals surface area (Å²) in [6.07, 6.45) is 5.47. The highest BCUT2D eigenvalue weighted by molar-refractivity contribution is 6.35. The van der Waals surface area contributed by atoms with Gasteiger partial charge in [-0.3, -0.25) is 4.79 Å². The van der Waals surface area contributed by atoms with Crippen LogP contribution < -0.4 is 4.74 Å². The molecular formula is C20H26Cl2N2O2. The van der Waals surface area contributed by atoms with Crippen molar-refractivity contribution in [3.63, 3.8) is 0 Å². The van der Waals surface area contributed by atoms with Crippen LogP contribution >= 0.6 is 23.2 Å². The van der Waals surface area contributed by atoms with E-state index in [0.717, 1.165) is 24.2 Å². The van der Waals surface area contributed by atoms with E-state index in [-0.39, 0.29) is 5.91 Å². The van der Waals surface area contributed by atoms with E-state index < -0.39 is 0 Å². The lowest BCUT2D eigenvalue weighted by molar-refractivity contribution is 0.0874. The zero-order valence-electron chi connectivity index (χ0n) is 15.6. The Morgan fingerprint density at radius 2 is 1.96 bits per heavy atom. The highest BCUT2D eigenvalue weighted by Crippen LogP contribution is 2.27. The third-order valence-corrected chi connectivity index (χ3v) is 4.92. The average Bonchev–Trinajstić information content (AvgIpc) is 2.88. The molecule has 1 aromatic heterocycles. The Kier molecular flexibility index (Phi) is 7.98. The first-order valence-corrected chi connectivity index (χ1v) is 9.85. The Morgan fingerprint density at radius 3 is 2.65 bits per heavy atom. The second kappa shape index (κ2) is 9.98. The molecule has 0 aliphatic heterocycles. The summed E-state index contributed by atoms with van der Waals surface area (Å²) in [5.74, 6) is 0.575.